The second-order valence-electron chi connectivity index (χ2n) is 7.53. The minimum Gasteiger partial charge on any atom is -0.384 e. The number of methoxy groups -OCH3 is 1. The molecule has 4 rings (SSSR count). The largest absolute Gasteiger partial charge is 0.384 e. The molecule has 2 heterocycles. The number of benzene rings is 1. The molecule has 2 N–H and O–H groups in total. The van der Waals surface area contributed by atoms with Crippen LogP contribution in [-0.4, -0.2) is 56.8 Å². The first kappa shape index (κ1) is 19.5. The van der Waals surface area contributed by atoms with Crippen LogP contribution in [0.2, 0.25) is 0 Å². The highest BCUT2D eigenvalue weighted by atomic mass is 16.5. The highest BCUT2D eigenvalue weighted by molar-refractivity contribution is 5.99. The van der Waals surface area contributed by atoms with Crippen molar-refractivity contribution in [2.75, 3.05) is 34.0 Å². The number of pyridine rings is 1. The topological polar surface area (TPSA) is 89.6 Å². The molecular weight excluding hydrogens is 370 g/mol. The summed E-state index contributed by atoms with van der Waals surface area (Å²) in [6, 6.07) is 13.3. The summed E-state index contributed by atoms with van der Waals surface area (Å²) in [6.45, 7) is 1.79. The quantitative estimate of drug-likeness (QED) is 0.743. The highest BCUT2D eigenvalue weighted by Gasteiger charge is 2.54. The van der Waals surface area contributed by atoms with Gasteiger partial charge in [-0.2, -0.15) is 0 Å². The Labute approximate surface area is 169 Å². The molecule has 2 aromatic rings. The first-order chi connectivity index (χ1) is 14.1. The zero-order chi connectivity index (χ0) is 20.4. The summed E-state index contributed by atoms with van der Waals surface area (Å²) in [5, 5.41) is 5.67. The van der Waals surface area contributed by atoms with Gasteiger partial charge in [0.25, 0.3) is 11.8 Å². The molecule has 1 aromatic carbocycles. The molecule has 29 heavy (non-hydrogen) atoms. The van der Waals surface area contributed by atoms with Crippen LogP contribution in [0.3, 0.4) is 0 Å². The Bertz CT molecular complexity index is 892. The summed E-state index contributed by atoms with van der Waals surface area (Å²) in [4.78, 5) is 29.8. The standard InChI is InChI=1S/C22H25N3O4/c1-23-22(27)19-9-14(21(26)25-20-16-11-29-12-17(16)20)8-18(24-19)15(10-28-2)13-6-4-3-5-7-13/h3-9,15-17,20H,10-12H2,1-2H3,(H,23,27)(H,25,26)/t15?,16-,17+,20?. The summed E-state index contributed by atoms with van der Waals surface area (Å²) in [7, 11) is 3.17. The lowest BCUT2D eigenvalue weighted by atomic mass is 9.94. The van der Waals surface area contributed by atoms with Gasteiger partial charge in [0.15, 0.2) is 0 Å². The third-order valence-corrected chi connectivity index (χ3v) is 5.71. The Morgan fingerprint density at radius 2 is 1.90 bits per heavy atom. The third kappa shape index (κ3) is 4.02. The van der Waals surface area contributed by atoms with Crippen molar-refractivity contribution >= 4 is 11.8 Å². The molecular formula is C22H25N3O4. The van der Waals surface area contributed by atoms with Gasteiger partial charge in [0.1, 0.15) is 5.69 Å². The molecule has 1 aromatic heterocycles. The van der Waals surface area contributed by atoms with Gasteiger partial charge in [0.05, 0.1) is 25.5 Å². The van der Waals surface area contributed by atoms with Crippen molar-refractivity contribution < 1.29 is 19.1 Å². The zero-order valence-corrected chi connectivity index (χ0v) is 16.6. The molecule has 1 aliphatic carbocycles. The Hall–Kier alpha value is -2.77. The third-order valence-electron chi connectivity index (χ3n) is 5.71. The van der Waals surface area contributed by atoms with Gasteiger partial charge < -0.3 is 20.1 Å². The predicted octanol–water partition coefficient (Wildman–Crippen LogP) is 1.59. The molecule has 7 heteroatoms. The van der Waals surface area contributed by atoms with Crippen LogP contribution in [0, 0.1) is 11.8 Å². The number of hydrogen-bond acceptors (Lipinski definition) is 5. The van der Waals surface area contributed by atoms with Crippen LogP contribution in [0.1, 0.15) is 38.0 Å². The average Bonchev–Trinajstić information content (AvgIpc) is 3.17. The second kappa shape index (κ2) is 8.31. The van der Waals surface area contributed by atoms with Crippen molar-refractivity contribution in [3.63, 3.8) is 0 Å². The van der Waals surface area contributed by atoms with E-state index in [1.807, 2.05) is 30.3 Å². The average molecular weight is 395 g/mol. The molecule has 1 aliphatic heterocycles. The number of rotatable bonds is 7. The van der Waals surface area contributed by atoms with Gasteiger partial charge >= 0.3 is 0 Å². The Morgan fingerprint density at radius 3 is 2.55 bits per heavy atom. The van der Waals surface area contributed by atoms with E-state index in [0.29, 0.717) is 42.9 Å². The first-order valence-electron chi connectivity index (χ1n) is 9.79. The molecule has 4 atom stereocenters. The summed E-state index contributed by atoms with van der Waals surface area (Å²) in [5.74, 6) is 0.101. The van der Waals surface area contributed by atoms with Crippen LogP contribution in [0.15, 0.2) is 42.5 Å². The molecule has 2 aliphatic rings. The van der Waals surface area contributed by atoms with Crippen LogP contribution in [0.5, 0.6) is 0 Å². The minimum absolute atomic E-state index is 0.153. The molecule has 2 amide bonds. The minimum atomic E-state index is -0.332. The van der Waals surface area contributed by atoms with Gasteiger partial charge in [-0.25, -0.2) is 4.98 Å². The number of hydrogen-bond donors (Lipinski definition) is 2. The van der Waals surface area contributed by atoms with E-state index in [9.17, 15) is 9.59 Å². The Morgan fingerprint density at radius 1 is 1.17 bits per heavy atom. The number of fused-ring (bicyclic) bond motifs is 1. The molecule has 152 valence electrons. The van der Waals surface area contributed by atoms with Crippen molar-refractivity contribution in [3.8, 4) is 0 Å². The Balaban J connectivity index is 1.66. The maximum Gasteiger partial charge on any atom is 0.269 e. The smallest absolute Gasteiger partial charge is 0.269 e. The summed E-state index contributed by atoms with van der Waals surface area (Å²) < 4.78 is 10.8. The fourth-order valence-corrected chi connectivity index (χ4v) is 4.00. The number of amides is 2. The van der Waals surface area contributed by atoms with E-state index in [0.717, 1.165) is 5.56 Å². The van der Waals surface area contributed by atoms with Gasteiger partial charge in [-0.1, -0.05) is 30.3 Å². The molecule has 1 saturated carbocycles. The maximum absolute atomic E-state index is 12.9. The molecule has 2 unspecified atom stereocenters. The summed E-state index contributed by atoms with van der Waals surface area (Å²) in [6.07, 6.45) is 0. The van der Waals surface area contributed by atoms with E-state index < -0.39 is 0 Å². The van der Waals surface area contributed by atoms with Crippen LogP contribution >= 0.6 is 0 Å². The van der Waals surface area contributed by atoms with Crippen molar-refractivity contribution in [2.24, 2.45) is 11.8 Å². The predicted molar refractivity (Wildman–Crippen MR) is 107 cm³/mol. The lowest BCUT2D eigenvalue weighted by molar-refractivity contribution is 0.0928. The number of nitrogens with zero attached hydrogens (tertiary/aromatic N) is 1. The van der Waals surface area contributed by atoms with E-state index in [-0.39, 0.29) is 29.5 Å². The van der Waals surface area contributed by atoms with Gasteiger partial charge in [0, 0.05) is 43.5 Å². The summed E-state index contributed by atoms with van der Waals surface area (Å²) >= 11 is 0. The number of ether oxygens (including phenoxy) is 2. The van der Waals surface area contributed by atoms with Gasteiger partial charge in [-0.15, -0.1) is 0 Å². The monoisotopic (exact) mass is 395 g/mol. The van der Waals surface area contributed by atoms with E-state index in [1.165, 1.54) is 0 Å². The number of carbonyl (C=O) groups excluding carboxylic acids is 2. The van der Waals surface area contributed by atoms with Crippen molar-refractivity contribution in [1.29, 1.82) is 0 Å². The molecule has 7 nitrogen and oxygen atoms in total. The maximum atomic E-state index is 12.9. The van der Waals surface area contributed by atoms with Gasteiger partial charge in [-0.05, 0) is 17.7 Å². The zero-order valence-electron chi connectivity index (χ0n) is 16.6. The lowest BCUT2D eigenvalue weighted by Gasteiger charge is -2.18. The lowest BCUT2D eigenvalue weighted by Crippen LogP contribution is -2.31. The SMILES string of the molecule is CNC(=O)c1cc(C(=O)NC2[C@H]3COC[C@@H]23)cc(C(COC)c2ccccc2)n1. The molecule has 0 bridgehead atoms. The fraction of sp³-hybridized carbons (Fsp3) is 0.409. The second-order valence-corrected chi connectivity index (χ2v) is 7.53. The van der Waals surface area contributed by atoms with Crippen molar-refractivity contribution in [3.05, 3.63) is 65.0 Å². The van der Waals surface area contributed by atoms with Crippen molar-refractivity contribution in [1.82, 2.24) is 15.6 Å². The van der Waals surface area contributed by atoms with Gasteiger partial charge in [0.2, 0.25) is 0 Å². The van der Waals surface area contributed by atoms with Crippen LogP contribution in [-0.2, 0) is 9.47 Å². The van der Waals surface area contributed by atoms with Gasteiger partial charge in [-0.3, -0.25) is 9.59 Å². The number of carbonyl (C=O) groups is 2. The van der Waals surface area contributed by atoms with Crippen LogP contribution < -0.4 is 10.6 Å². The number of aromatic nitrogens is 1. The van der Waals surface area contributed by atoms with E-state index in [1.54, 1.807) is 26.3 Å². The van der Waals surface area contributed by atoms with E-state index >= 15 is 0 Å². The molecule has 1 saturated heterocycles. The molecule has 0 radical (unpaired) electrons. The normalized spacial score (nSPS) is 23.2. The first-order valence-corrected chi connectivity index (χ1v) is 9.79. The number of nitrogens with one attached hydrogen (secondary N) is 2. The summed E-state index contributed by atoms with van der Waals surface area (Å²) in [5.41, 5.74) is 2.28. The van der Waals surface area contributed by atoms with Crippen LogP contribution in [0.4, 0.5) is 0 Å². The Kier molecular flexibility index (Phi) is 5.60. The van der Waals surface area contributed by atoms with E-state index in [2.05, 4.69) is 15.6 Å². The molecule has 0 spiro atoms. The fourth-order valence-electron chi connectivity index (χ4n) is 4.00. The van der Waals surface area contributed by atoms with E-state index in [4.69, 9.17) is 9.47 Å². The molecule has 2 fully saturated rings. The van der Waals surface area contributed by atoms with Crippen molar-refractivity contribution in [2.45, 2.75) is 12.0 Å². The highest BCUT2D eigenvalue weighted by Crippen LogP contribution is 2.44. The van der Waals surface area contributed by atoms with Crippen LogP contribution in [0.25, 0.3) is 0 Å².